The molecule has 1 aromatic rings. The Morgan fingerprint density at radius 2 is 1.88 bits per heavy atom. The molecule has 0 bridgehead atoms. The maximum atomic E-state index is 12.1. The number of nitrogens with one attached hydrogen (secondary N) is 1. The van der Waals surface area contributed by atoms with E-state index in [4.69, 9.17) is 9.47 Å². The van der Waals surface area contributed by atoms with Crippen LogP contribution in [0.15, 0.2) is 30.3 Å². The number of ether oxygens (including phenoxy) is 2. The molecule has 0 radical (unpaired) electrons. The van der Waals surface area contributed by atoms with Crippen molar-refractivity contribution in [3.05, 3.63) is 35.9 Å². The van der Waals surface area contributed by atoms with Crippen molar-refractivity contribution in [2.24, 2.45) is 0 Å². The maximum Gasteiger partial charge on any atom is 0.410 e. The highest BCUT2D eigenvalue weighted by atomic mass is 16.6. The van der Waals surface area contributed by atoms with Crippen LogP contribution in [0.3, 0.4) is 0 Å². The number of hydrogen-bond acceptors (Lipinski definition) is 4. The minimum absolute atomic E-state index is 0.0122. The predicted octanol–water partition coefficient (Wildman–Crippen LogP) is 3.70. The molecule has 0 aromatic heterocycles. The Hall–Kier alpha value is -2.24. The zero-order chi connectivity index (χ0) is 18.4. The summed E-state index contributed by atoms with van der Waals surface area (Å²) in [5.41, 5.74) is 0.439. The van der Waals surface area contributed by atoms with Crippen LogP contribution >= 0.6 is 0 Å². The molecule has 2 atom stereocenters. The van der Waals surface area contributed by atoms with Gasteiger partial charge in [0.25, 0.3) is 0 Å². The van der Waals surface area contributed by atoms with Crippen LogP contribution < -0.4 is 5.32 Å². The summed E-state index contributed by atoms with van der Waals surface area (Å²) in [6.45, 7) is 5.79. The molecule has 1 fully saturated rings. The number of amides is 2. The van der Waals surface area contributed by atoms with Crippen molar-refractivity contribution in [1.82, 2.24) is 10.2 Å². The molecule has 1 aliphatic rings. The summed E-state index contributed by atoms with van der Waals surface area (Å²) in [5, 5.41) is 2.88. The molecule has 0 aliphatic heterocycles. The zero-order valence-electron chi connectivity index (χ0n) is 15.5. The van der Waals surface area contributed by atoms with Crippen molar-refractivity contribution >= 4 is 12.2 Å². The molecule has 6 heteroatoms. The minimum Gasteiger partial charge on any atom is -0.445 e. The van der Waals surface area contributed by atoms with Crippen LogP contribution in [-0.4, -0.2) is 41.8 Å². The van der Waals surface area contributed by atoms with Crippen LogP contribution in [0.25, 0.3) is 0 Å². The molecular weight excluding hydrogens is 320 g/mol. The number of carbonyl (C=O) groups excluding carboxylic acids is 2. The van der Waals surface area contributed by atoms with Gasteiger partial charge in [0.2, 0.25) is 0 Å². The number of rotatable bonds is 4. The SMILES string of the molecule is CN(C(=O)OC(C)(C)C)[C@@H]1CC[C@H](NC(=O)OCc2ccccc2)C1. The number of benzene rings is 1. The van der Waals surface area contributed by atoms with Gasteiger partial charge in [0.05, 0.1) is 0 Å². The summed E-state index contributed by atoms with van der Waals surface area (Å²) in [6.07, 6.45) is 1.60. The molecule has 0 saturated heterocycles. The van der Waals surface area contributed by atoms with Gasteiger partial charge in [-0.1, -0.05) is 30.3 Å². The molecule has 2 amide bonds. The van der Waals surface area contributed by atoms with E-state index in [-0.39, 0.29) is 24.8 Å². The Bertz CT molecular complexity index is 583. The molecule has 0 spiro atoms. The molecule has 1 N–H and O–H groups in total. The fourth-order valence-electron chi connectivity index (χ4n) is 2.86. The van der Waals surface area contributed by atoms with E-state index in [1.165, 1.54) is 0 Å². The predicted molar refractivity (Wildman–Crippen MR) is 95.2 cm³/mol. The largest absolute Gasteiger partial charge is 0.445 e. The van der Waals surface area contributed by atoms with Gasteiger partial charge in [-0.2, -0.15) is 0 Å². The molecule has 2 rings (SSSR count). The molecule has 1 aromatic carbocycles. The quantitative estimate of drug-likeness (QED) is 0.901. The second-order valence-corrected chi connectivity index (χ2v) is 7.46. The van der Waals surface area contributed by atoms with Gasteiger partial charge in [-0.3, -0.25) is 0 Å². The first-order valence-corrected chi connectivity index (χ1v) is 8.67. The van der Waals surface area contributed by atoms with Crippen molar-refractivity contribution in [2.75, 3.05) is 7.05 Å². The Morgan fingerprint density at radius 1 is 1.20 bits per heavy atom. The first-order chi connectivity index (χ1) is 11.7. The third-order valence-corrected chi connectivity index (χ3v) is 4.17. The number of alkyl carbamates (subject to hydrolysis) is 1. The Labute approximate surface area is 149 Å². The van der Waals surface area contributed by atoms with E-state index in [9.17, 15) is 9.59 Å². The number of nitrogens with zero attached hydrogens (tertiary/aromatic N) is 1. The fraction of sp³-hybridized carbons (Fsp3) is 0.579. The van der Waals surface area contributed by atoms with Gasteiger partial charge in [-0.25, -0.2) is 9.59 Å². The minimum atomic E-state index is -0.511. The summed E-state index contributed by atoms with van der Waals surface area (Å²) in [4.78, 5) is 25.7. The Morgan fingerprint density at radius 3 is 2.52 bits per heavy atom. The van der Waals surface area contributed by atoms with Crippen molar-refractivity contribution in [1.29, 1.82) is 0 Å². The molecule has 6 nitrogen and oxygen atoms in total. The zero-order valence-corrected chi connectivity index (χ0v) is 15.5. The molecule has 0 heterocycles. The van der Waals surface area contributed by atoms with Gasteiger partial charge < -0.3 is 19.7 Å². The average molecular weight is 348 g/mol. The lowest BCUT2D eigenvalue weighted by Crippen LogP contribution is -2.41. The Balaban J connectivity index is 1.74. The van der Waals surface area contributed by atoms with Crippen LogP contribution in [0.2, 0.25) is 0 Å². The van der Waals surface area contributed by atoms with Crippen LogP contribution in [0, 0.1) is 0 Å². The Kier molecular flexibility index (Phi) is 6.28. The molecule has 1 aliphatic carbocycles. The van der Waals surface area contributed by atoms with Crippen LogP contribution in [0.4, 0.5) is 9.59 Å². The van der Waals surface area contributed by atoms with E-state index in [1.54, 1.807) is 11.9 Å². The van der Waals surface area contributed by atoms with E-state index in [2.05, 4.69) is 5.32 Å². The highest BCUT2D eigenvalue weighted by molar-refractivity contribution is 5.69. The van der Waals surface area contributed by atoms with Crippen molar-refractivity contribution < 1.29 is 19.1 Å². The van der Waals surface area contributed by atoms with Crippen LogP contribution in [0.5, 0.6) is 0 Å². The highest BCUT2D eigenvalue weighted by Crippen LogP contribution is 2.25. The van der Waals surface area contributed by atoms with Gasteiger partial charge in [0.15, 0.2) is 0 Å². The lowest BCUT2D eigenvalue weighted by Gasteiger charge is -2.28. The monoisotopic (exact) mass is 348 g/mol. The summed E-state index contributed by atoms with van der Waals surface area (Å²) in [6, 6.07) is 9.63. The van der Waals surface area contributed by atoms with Gasteiger partial charge >= 0.3 is 12.2 Å². The summed E-state index contributed by atoms with van der Waals surface area (Å²) < 4.78 is 10.6. The normalized spacial score (nSPS) is 20.0. The maximum absolute atomic E-state index is 12.1. The lowest BCUT2D eigenvalue weighted by molar-refractivity contribution is 0.0225. The van der Waals surface area contributed by atoms with Gasteiger partial charge in [-0.05, 0) is 45.6 Å². The van der Waals surface area contributed by atoms with Crippen LogP contribution in [-0.2, 0) is 16.1 Å². The van der Waals surface area contributed by atoms with E-state index in [0.29, 0.717) is 6.42 Å². The topological polar surface area (TPSA) is 67.9 Å². The van der Waals surface area contributed by atoms with E-state index >= 15 is 0 Å². The van der Waals surface area contributed by atoms with Crippen molar-refractivity contribution in [3.63, 3.8) is 0 Å². The summed E-state index contributed by atoms with van der Waals surface area (Å²) in [7, 11) is 1.74. The van der Waals surface area contributed by atoms with E-state index in [0.717, 1.165) is 18.4 Å². The molecule has 138 valence electrons. The highest BCUT2D eigenvalue weighted by Gasteiger charge is 2.32. The molecular formula is C19H28N2O4. The number of hydrogen-bond donors (Lipinski definition) is 1. The first-order valence-electron chi connectivity index (χ1n) is 8.67. The summed E-state index contributed by atoms with van der Waals surface area (Å²) >= 11 is 0. The smallest absolute Gasteiger partial charge is 0.410 e. The van der Waals surface area contributed by atoms with Gasteiger partial charge in [0, 0.05) is 19.1 Å². The standard InChI is InChI=1S/C19H28N2O4/c1-19(2,3)25-18(23)21(4)16-11-10-15(12-16)20-17(22)24-13-14-8-6-5-7-9-14/h5-9,15-16H,10-13H2,1-4H3,(H,20,22)/t15-,16+/m0/s1. The molecule has 1 saturated carbocycles. The van der Waals surface area contributed by atoms with Gasteiger partial charge in [0.1, 0.15) is 12.2 Å². The van der Waals surface area contributed by atoms with Gasteiger partial charge in [-0.15, -0.1) is 0 Å². The van der Waals surface area contributed by atoms with Crippen molar-refractivity contribution in [3.8, 4) is 0 Å². The lowest BCUT2D eigenvalue weighted by atomic mass is 10.2. The first kappa shape index (κ1) is 19.1. The van der Waals surface area contributed by atoms with E-state index in [1.807, 2.05) is 51.1 Å². The second-order valence-electron chi connectivity index (χ2n) is 7.46. The van der Waals surface area contributed by atoms with Crippen LogP contribution in [0.1, 0.15) is 45.6 Å². The average Bonchev–Trinajstić information content (AvgIpc) is 3.00. The molecule has 0 unspecified atom stereocenters. The third kappa shape index (κ3) is 6.29. The fourth-order valence-corrected chi connectivity index (χ4v) is 2.86. The van der Waals surface area contributed by atoms with Crippen molar-refractivity contribution in [2.45, 2.75) is 64.3 Å². The van der Waals surface area contributed by atoms with E-state index < -0.39 is 11.7 Å². The summed E-state index contributed by atoms with van der Waals surface area (Å²) in [5.74, 6) is 0. The molecule has 25 heavy (non-hydrogen) atoms. The number of carbonyl (C=O) groups is 2. The third-order valence-electron chi connectivity index (χ3n) is 4.17. The second kappa shape index (κ2) is 8.23.